The zero-order chi connectivity index (χ0) is 9.31. The first kappa shape index (κ1) is 8.17. The molecule has 0 amide bonds. The van der Waals surface area contributed by atoms with Crippen LogP contribution in [0.4, 0.5) is 0 Å². The number of aryl methyl sites for hydroxylation is 1. The minimum atomic E-state index is -0.821. The van der Waals surface area contributed by atoms with Gasteiger partial charge in [0.1, 0.15) is 5.66 Å². The van der Waals surface area contributed by atoms with E-state index < -0.39 is 5.66 Å². The molecule has 2 N–H and O–H groups in total. The summed E-state index contributed by atoms with van der Waals surface area (Å²) in [6, 6.07) is 7.81. The predicted octanol–water partition coefficient (Wildman–Crippen LogP) is 1.08. The van der Waals surface area contributed by atoms with E-state index in [4.69, 9.17) is 5.73 Å². The van der Waals surface area contributed by atoms with Gasteiger partial charge in [-0.1, -0.05) is 24.3 Å². The van der Waals surface area contributed by atoms with Crippen molar-refractivity contribution in [3.8, 4) is 0 Å². The van der Waals surface area contributed by atoms with Gasteiger partial charge in [0.25, 0.3) is 0 Å². The van der Waals surface area contributed by atoms with E-state index in [2.05, 4.69) is 4.99 Å². The zero-order valence-electron chi connectivity index (χ0n) is 7.16. The topological polar surface area (TPSA) is 55.4 Å². The lowest BCUT2D eigenvalue weighted by Gasteiger charge is -2.17. The van der Waals surface area contributed by atoms with Crippen molar-refractivity contribution in [2.75, 3.05) is 0 Å². The fraction of sp³-hybridized carbons (Fsp3) is 0.300. The first-order valence-electron chi connectivity index (χ1n) is 4.22. The van der Waals surface area contributed by atoms with Crippen molar-refractivity contribution >= 4 is 6.08 Å². The summed E-state index contributed by atoms with van der Waals surface area (Å²) < 4.78 is 0. The van der Waals surface area contributed by atoms with Crippen molar-refractivity contribution in [3.05, 3.63) is 35.4 Å². The van der Waals surface area contributed by atoms with Gasteiger partial charge in [-0.15, -0.1) is 0 Å². The normalized spacial score (nSPS) is 25.0. The minimum Gasteiger partial charge on any atom is -0.303 e. The highest BCUT2D eigenvalue weighted by Gasteiger charge is 2.34. The molecule has 0 fully saturated rings. The maximum absolute atomic E-state index is 10.2. The van der Waals surface area contributed by atoms with E-state index in [1.54, 1.807) is 6.08 Å². The van der Waals surface area contributed by atoms with Crippen LogP contribution in [0.5, 0.6) is 0 Å². The Bertz CT molecular complexity index is 382. The van der Waals surface area contributed by atoms with Crippen LogP contribution < -0.4 is 5.73 Å². The number of isocyanates is 1. The van der Waals surface area contributed by atoms with Gasteiger partial charge in [-0.2, -0.15) is 4.99 Å². The Morgan fingerprint density at radius 3 is 3.00 bits per heavy atom. The van der Waals surface area contributed by atoms with E-state index >= 15 is 0 Å². The van der Waals surface area contributed by atoms with Gasteiger partial charge in [-0.05, 0) is 24.0 Å². The van der Waals surface area contributed by atoms with Crippen LogP contribution in [0.2, 0.25) is 0 Å². The number of rotatable bonds is 1. The van der Waals surface area contributed by atoms with Crippen molar-refractivity contribution in [1.82, 2.24) is 0 Å². The number of fused-ring (bicyclic) bond motifs is 1. The molecular weight excluding hydrogens is 164 g/mol. The predicted molar refractivity (Wildman–Crippen MR) is 48.7 cm³/mol. The molecule has 0 radical (unpaired) electrons. The standard InChI is InChI=1S/C10H10N2O/c11-10(12-7-13)6-5-8-3-1-2-4-9(8)10/h1-4H,5-6,11H2. The van der Waals surface area contributed by atoms with Gasteiger partial charge >= 0.3 is 0 Å². The largest absolute Gasteiger partial charge is 0.303 e. The number of nitrogens with two attached hydrogens (primary N) is 1. The van der Waals surface area contributed by atoms with Crippen LogP contribution >= 0.6 is 0 Å². The molecule has 0 aromatic heterocycles. The molecule has 3 heteroatoms. The lowest BCUT2D eigenvalue weighted by molar-refractivity contribution is 0.457. The highest BCUT2D eigenvalue weighted by Crippen LogP contribution is 2.35. The summed E-state index contributed by atoms with van der Waals surface area (Å²) >= 11 is 0. The number of hydrogen-bond donors (Lipinski definition) is 1. The molecule has 3 nitrogen and oxygen atoms in total. The first-order chi connectivity index (χ1) is 6.26. The third kappa shape index (κ3) is 1.18. The average molecular weight is 174 g/mol. The fourth-order valence-corrected chi connectivity index (χ4v) is 1.82. The lowest BCUT2D eigenvalue weighted by atomic mass is 10.0. The van der Waals surface area contributed by atoms with Crippen molar-refractivity contribution in [2.24, 2.45) is 10.7 Å². The van der Waals surface area contributed by atoms with Crippen LogP contribution in [0.3, 0.4) is 0 Å². The van der Waals surface area contributed by atoms with Gasteiger partial charge in [0.15, 0.2) is 0 Å². The van der Waals surface area contributed by atoms with Crippen LogP contribution in [0.15, 0.2) is 29.3 Å². The molecule has 0 bridgehead atoms. The van der Waals surface area contributed by atoms with Crippen LogP contribution in [-0.4, -0.2) is 6.08 Å². The SMILES string of the molecule is NC1(N=C=O)CCc2ccccc21. The molecule has 1 unspecified atom stereocenters. The second-order valence-electron chi connectivity index (χ2n) is 3.28. The van der Waals surface area contributed by atoms with Crippen LogP contribution in [0.25, 0.3) is 0 Å². The summed E-state index contributed by atoms with van der Waals surface area (Å²) in [6.45, 7) is 0. The quantitative estimate of drug-likeness (QED) is 0.511. The smallest absolute Gasteiger partial charge is 0.237 e. The highest BCUT2D eigenvalue weighted by molar-refractivity contribution is 5.43. The molecule has 1 aromatic rings. The van der Waals surface area contributed by atoms with E-state index in [9.17, 15) is 4.79 Å². The monoisotopic (exact) mass is 174 g/mol. The second kappa shape index (κ2) is 2.80. The number of nitrogens with zero attached hydrogens (tertiary/aromatic N) is 1. The summed E-state index contributed by atoms with van der Waals surface area (Å²) in [5, 5.41) is 0. The molecule has 0 aliphatic heterocycles. The highest BCUT2D eigenvalue weighted by atomic mass is 16.1. The van der Waals surface area contributed by atoms with Crippen LogP contribution in [0, 0.1) is 0 Å². The molecule has 1 aliphatic rings. The lowest BCUT2D eigenvalue weighted by Crippen LogP contribution is -2.31. The Morgan fingerprint density at radius 2 is 2.23 bits per heavy atom. The average Bonchev–Trinajstić information content (AvgIpc) is 2.46. The van der Waals surface area contributed by atoms with E-state index in [0.29, 0.717) is 6.42 Å². The van der Waals surface area contributed by atoms with E-state index in [1.807, 2.05) is 24.3 Å². The number of benzene rings is 1. The summed E-state index contributed by atoms with van der Waals surface area (Å²) in [5.41, 5.74) is 7.27. The Labute approximate surface area is 76.3 Å². The van der Waals surface area contributed by atoms with Gasteiger partial charge < -0.3 is 5.73 Å². The summed E-state index contributed by atoms with van der Waals surface area (Å²) in [6.07, 6.45) is 3.12. The molecule has 13 heavy (non-hydrogen) atoms. The maximum atomic E-state index is 10.2. The molecule has 0 heterocycles. The third-order valence-electron chi connectivity index (χ3n) is 2.50. The molecule has 0 spiro atoms. The third-order valence-corrected chi connectivity index (χ3v) is 2.50. The van der Waals surface area contributed by atoms with Crippen molar-refractivity contribution < 1.29 is 4.79 Å². The molecular formula is C10H10N2O. The molecule has 1 atom stereocenters. The van der Waals surface area contributed by atoms with Crippen molar-refractivity contribution in [2.45, 2.75) is 18.5 Å². The van der Waals surface area contributed by atoms with Gasteiger partial charge in [-0.25, -0.2) is 4.79 Å². The van der Waals surface area contributed by atoms with Crippen LogP contribution in [0.1, 0.15) is 17.5 Å². The van der Waals surface area contributed by atoms with E-state index in [1.165, 1.54) is 5.56 Å². The summed E-state index contributed by atoms with van der Waals surface area (Å²) in [5.74, 6) is 0. The Balaban J connectivity index is 2.54. The fourth-order valence-electron chi connectivity index (χ4n) is 1.82. The molecule has 0 saturated heterocycles. The number of hydrogen-bond acceptors (Lipinski definition) is 3. The molecule has 2 rings (SSSR count). The van der Waals surface area contributed by atoms with Crippen molar-refractivity contribution in [1.29, 1.82) is 0 Å². The second-order valence-corrected chi connectivity index (χ2v) is 3.28. The summed E-state index contributed by atoms with van der Waals surface area (Å²) in [4.78, 5) is 13.9. The van der Waals surface area contributed by atoms with Crippen molar-refractivity contribution in [3.63, 3.8) is 0 Å². The molecule has 0 saturated carbocycles. The molecule has 1 aromatic carbocycles. The maximum Gasteiger partial charge on any atom is 0.237 e. The Hall–Kier alpha value is -1.44. The van der Waals surface area contributed by atoms with Gasteiger partial charge in [0, 0.05) is 0 Å². The van der Waals surface area contributed by atoms with Gasteiger partial charge in [0.2, 0.25) is 6.08 Å². The Kier molecular flexibility index (Phi) is 1.76. The molecule has 66 valence electrons. The van der Waals surface area contributed by atoms with Gasteiger partial charge in [-0.3, -0.25) is 0 Å². The number of aliphatic imine (C=N–C) groups is 1. The summed E-state index contributed by atoms with van der Waals surface area (Å²) in [7, 11) is 0. The Morgan fingerprint density at radius 1 is 1.46 bits per heavy atom. The molecule has 1 aliphatic carbocycles. The number of carbonyl (C=O) groups excluding carboxylic acids is 1. The van der Waals surface area contributed by atoms with Crippen LogP contribution in [-0.2, 0) is 16.9 Å². The minimum absolute atomic E-state index is 0.696. The van der Waals surface area contributed by atoms with Gasteiger partial charge in [0.05, 0.1) is 0 Å². The first-order valence-corrected chi connectivity index (χ1v) is 4.22. The zero-order valence-corrected chi connectivity index (χ0v) is 7.16. The van der Waals surface area contributed by atoms with E-state index in [-0.39, 0.29) is 0 Å². The van der Waals surface area contributed by atoms with E-state index in [0.717, 1.165) is 12.0 Å².